The number of anilines is 1. The third-order valence-corrected chi connectivity index (χ3v) is 6.13. The fourth-order valence-electron chi connectivity index (χ4n) is 2.92. The van der Waals surface area contributed by atoms with E-state index >= 15 is 0 Å². The van der Waals surface area contributed by atoms with Crippen molar-refractivity contribution in [2.24, 2.45) is 0 Å². The molecule has 1 aliphatic rings. The first-order chi connectivity index (χ1) is 12.5. The number of nitrogens with zero attached hydrogens (tertiary/aromatic N) is 3. The van der Waals surface area contributed by atoms with Crippen LogP contribution in [0, 0.1) is 18.3 Å². The average molecular weight is 367 g/mol. The zero-order valence-corrected chi connectivity index (χ0v) is 15.5. The van der Waals surface area contributed by atoms with Crippen LogP contribution in [0.5, 0.6) is 0 Å². The predicted molar refractivity (Wildman–Crippen MR) is 102 cm³/mol. The lowest BCUT2D eigenvalue weighted by atomic mass is 10.2. The average Bonchev–Trinajstić information content (AvgIpc) is 2.67. The molecule has 134 valence electrons. The Morgan fingerprint density at radius 3 is 2.19 bits per heavy atom. The highest BCUT2D eigenvalue weighted by Crippen LogP contribution is 2.21. The van der Waals surface area contributed by atoms with Crippen LogP contribution >= 0.6 is 0 Å². The van der Waals surface area contributed by atoms with Gasteiger partial charge in [-0.25, -0.2) is 8.42 Å². The second kappa shape index (κ2) is 7.63. The van der Waals surface area contributed by atoms with Gasteiger partial charge in [-0.05, 0) is 31.2 Å². The maximum atomic E-state index is 12.7. The van der Waals surface area contributed by atoms with E-state index in [1.165, 1.54) is 6.20 Å². The molecule has 2 aromatic carbocycles. The van der Waals surface area contributed by atoms with Gasteiger partial charge in [-0.3, -0.25) is 0 Å². The molecule has 1 aliphatic heterocycles. The van der Waals surface area contributed by atoms with Gasteiger partial charge in [0.15, 0.2) is 4.91 Å². The van der Waals surface area contributed by atoms with Crippen molar-refractivity contribution in [3.05, 3.63) is 71.3 Å². The van der Waals surface area contributed by atoms with E-state index in [1.807, 2.05) is 36.1 Å². The Hall–Kier alpha value is -2.78. The SMILES string of the molecule is Cc1ccc(S(=O)(=O)/C(C#N)=C/N2CCN(c3ccccc3)CC2)cc1. The maximum absolute atomic E-state index is 12.7. The van der Waals surface area contributed by atoms with E-state index in [0.717, 1.165) is 24.3 Å². The van der Waals surface area contributed by atoms with Crippen molar-refractivity contribution in [3.63, 3.8) is 0 Å². The Labute approximate surface area is 154 Å². The quantitative estimate of drug-likeness (QED) is 0.778. The van der Waals surface area contributed by atoms with E-state index in [-0.39, 0.29) is 9.80 Å². The maximum Gasteiger partial charge on any atom is 0.218 e. The number of benzene rings is 2. The van der Waals surface area contributed by atoms with Gasteiger partial charge in [-0.2, -0.15) is 5.26 Å². The van der Waals surface area contributed by atoms with E-state index in [1.54, 1.807) is 24.3 Å². The van der Waals surface area contributed by atoms with Crippen LogP contribution in [-0.4, -0.2) is 39.5 Å². The molecule has 0 aliphatic carbocycles. The molecule has 26 heavy (non-hydrogen) atoms. The predicted octanol–water partition coefficient (Wildman–Crippen LogP) is 2.96. The van der Waals surface area contributed by atoms with Crippen LogP contribution in [-0.2, 0) is 9.84 Å². The largest absolute Gasteiger partial charge is 0.372 e. The molecule has 6 heteroatoms. The summed E-state index contributed by atoms with van der Waals surface area (Å²) in [5.74, 6) is 0. The molecule has 0 amide bonds. The number of nitriles is 1. The van der Waals surface area contributed by atoms with E-state index in [9.17, 15) is 13.7 Å². The lowest BCUT2D eigenvalue weighted by Crippen LogP contribution is -2.44. The molecular formula is C20H21N3O2S. The van der Waals surface area contributed by atoms with Crippen LogP contribution in [0.4, 0.5) is 5.69 Å². The third kappa shape index (κ3) is 3.89. The molecule has 5 nitrogen and oxygen atoms in total. The minimum Gasteiger partial charge on any atom is -0.372 e. The Bertz CT molecular complexity index is 921. The Morgan fingerprint density at radius 2 is 1.62 bits per heavy atom. The zero-order chi connectivity index (χ0) is 18.6. The first kappa shape index (κ1) is 18.0. The lowest BCUT2D eigenvalue weighted by Gasteiger charge is -2.35. The number of rotatable bonds is 4. The van der Waals surface area contributed by atoms with Gasteiger partial charge in [0, 0.05) is 38.1 Å². The summed E-state index contributed by atoms with van der Waals surface area (Å²) in [6, 6.07) is 18.5. The van der Waals surface area contributed by atoms with Gasteiger partial charge in [-0.1, -0.05) is 35.9 Å². The highest BCUT2D eigenvalue weighted by Gasteiger charge is 2.23. The highest BCUT2D eigenvalue weighted by molar-refractivity contribution is 7.95. The van der Waals surface area contributed by atoms with Gasteiger partial charge in [0.25, 0.3) is 0 Å². The number of hydrogen-bond acceptors (Lipinski definition) is 5. The van der Waals surface area contributed by atoms with Crippen LogP contribution < -0.4 is 4.90 Å². The normalized spacial score (nSPS) is 15.6. The highest BCUT2D eigenvalue weighted by atomic mass is 32.2. The number of hydrogen-bond donors (Lipinski definition) is 0. The van der Waals surface area contributed by atoms with Gasteiger partial charge >= 0.3 is 0 Å². The number of sulfone groups is 1. The molecule has 0 bridgehead atoms. The van der Waals surface area contributed by atoms with Crippen LogP contribution in [0.3, 0.4) is 0 Å². The molecule has 2 aromatic rings. The van der Waals surface area contributed by atoms with Crippen molar-refractivity contribution in [2.45, 2.75) is 11.8 Å². The second-order valence-corrected chi connectivity index (χ2v) is 8.20. The van der Waals surface area contributed by atoms with Gasteiger partial charge in [0.05, 0.1) is 4.90 Å². The minimum atomic E-state index is -3.79. The Balaban J connectivity index is 1.74. The molecule has 0 unspecified atom stereocenters. The van der Waals surface area contributed by atoms with Gasteiger partial charge in [-0.15, -0.1) is 0 Å². The number of allylic oxidation sites excluding steroid dienone is 1. The molecule has 3 rings (SSSR count). The smallest absolute Gasteiger partial charge is 0.218 e. The Morgan fingerprint density at radius 1 is 1.00 bits per heavy atom. The summed E-state index contributed by atoms with van der Waals surface area (Å²) in [6.07, 6.45) is 1.48. The van der Waals surface area contributed by atoms with Gasteiger partial charge < -0.3 is 9.80 Å². The third-order valence-electron chi connectivity index (χ3n) is 4.47. The van der Waals surface area contributed by atoms with Crippen molar-refractivity contribution >= 4 is 15.5 Å². The molecule has 1 saturated heterocycles. The standard InChI is InChI=1S/C20H21N3O2S/c1-17-7-9-19(10-8-17)26(24,25)20(15-21)16-22-11-13-23(14-12-22)18-5-3-2-4-6-18/h2-10,16H,11-14H2,1H3/b20-16+. The van der Waals surface area contributed by atoms with Gasteiger partial charge in [0.2, 0.25) is 9.84 Å². The molecule has 0 saturated carbocycles. The number of piperazine rings is 1. The summed E-state index contributed by atoms with van der Waals surface area (Å²) in [5.41, 5.74) is 2.13. The molecule has 0 atom stereocenters. The van der Waals surface area contributed by atoms with E-state index in [2.05, 4.69) is 17.0 Å². The van der Waals surface area contributed by atoms with Crippen LogP contribution in [0.25, 0.3) is 0 Å². The van der Waals surface area contributed by atoms with Crippen molar-refractivity contribution in [1.29, 1.82) is 5.26 Å². The molecule has 1 fully saturated rings. The first-order valence-corrected chi connectivity index (χ1v) is 9.97. The fourth-order valence-corrected chi connectivity index (χ4v) is 4.07. The van der Waals surface area contributed by atoms with E-state index in [0.29, 0.717) is 13.1 Å². The molecular weight excluding hydrogens is 346 g/mol. The minimum absolute atomic E-state index is 0.152. The molecule has 0 radical (unpaired) electrons. The fraction of sp³-hybridized carbons (Fsp3) is 0.250. The van der Waals surface area contributed by atoms with E-state index < -0.39 is 9.84 Å². The second-order valence-electron chi connectivity index (χ2n) is 6.28. The summed E-state index contributed by atoms with van der Waals surface area (Å²) < 4.78 is 25.4. The summed E-state index contributed by atoms with van der Waals surface area (Å²) in [6.45, 7) is 4.80. The van der Waals surface area contributed by atoms with Crippen LogP contribution in [0.15, 0.2) is 70.6 Å². The summed E-state index contributed by atoms with van der Waals surface area (Å²) in [4.78, 5) is 4.10. The van der Waals surface area contributed by atoms with Crippen LogP contribution in [0.1, 0.15) is 5.56 Å². The van der Waals surface area contributed by atoms with Crippen molar-refractivity contribution in [2.75, 3.05) is 31.1 Å². The lowest BCUT2D eigenvalue weighted by molar-refractivity contribution is 0.348. The molecule has 1 heterocycles. The Kier molecular flexibility index (Phi) is 5.29. The summed E-state index contributed by atoms with van der Waals surface area (Å²) >= 11 is 0. The molecule has 0 spiro atoms. The number of aryl methyl sites for hydroxylation is 1. The zero-order valence-electron chi connectivity index (χ0n) is 14.7. The monoisotopic (exact) mass is 367 g/mol. The van der Waals surface area contributed by atoms with E-state index in [4.69, 9.17) is 0 Å². The van der Waals surface area contributed by atoms with Crippen molar-refractivity contribution < 1.29 is 8.42 Å². The van der Waals surface area contributed by atoms with Gasteiger partial charge in [0.1, 0.15) is 6.07 Å². The summed E-state index contributed by atoms with van der Waals surface area (Å²) in [7, 11) is -3.79. The van der Waals surface area contributed by atoms with Crippen molar-refractivity contribution in [1.82, 2.24) is 4.90 Å². The number of para-hydroxylation sites is 1. The summed E-state index contributed by atoms with van der Waals surface area (Å²) in [5, 5.41) is 9.40. The molecule has 0 aromatic heterocycles. The van der Waals surface area contributed by atoms with Crippen LogP contribution in [0.2, 0.25) is 0 Å². The molecule has 0 N–H and O–H groups in total. The topological polar surface area (TPSA) is 64.4 Å². The first-order valence-electron chi connectivity index (χ1n) is 8.48. The van der Waals surface area contributed by atoms with Crippen molar-refractivity contribution in [3.8, 4) is 6.07 Å².